The van der Waals surface area contributed by atoms with Gasteiger partial charge in [-0.2, -0.15) is 0 Å². The summed E-state index contributed by atoms with van der Waals surface area (Å²) in [6, 6.07) is 12.5. The first-order valence-corrected chi connectivity index (χ1v) is 9.15. The van der Waals surface area contributed by atoms with Crippen LogP contribution in [0.3, 0.4) is 0 Å². The Labute approximate surface area is 164 Å². The van der Waals surface area contributed by atoms with E-state index in [0.29, 0.717) is 17.7 Å². The average Bonchev–Trinajstić information content (AvgIpc) is 3.21. The molecule has 0 spiro atoms. The van der Waals surface area contributed by atoms with Crippen LogP contribution in [-0.4, -0.2) is 52.2 Å². The first-order valence-electron chi connectivity index (χ1n) is 9.15. The van der Waals surface area contributed by atoms with Gasteiger partial charge < -0.3 is 25.0 Å². The molecule has 1 unspecified atom stereocenters. The van der Waals surface area contributed by atoms with Crippen molar-refractivity contribution in [2.75, 3.05) is 39.3 Å². The van der Waals surface area contributed by atoms with Crippen LogP contribution in [0.15, 0.2) is 42.5 Å². The molecule has 7 nitrogen and oxygen atoms in total. The molecule has 28 heavy (non-hydrogen) atoms. The lowest BCUT2D eigenvalue weighted by molar-refractivity contribution is 0.0940. The van der Waals surface area contributed by atoms with Crippen LogP contribution in [0.5, 0.6) is 11.5 Å². The Bertz CT molecular complexity index is 846. The average molecular weight is 383 g/mol. The van der Waals surface area contributed by atoms with Crippen LogP contribution in [0.1, 0.15) is 27.1 Å². The number of benzene rings is 2. The van der Waals surface area contributed by atoms with Gasteiger partial charge in [-0.15, -0.1) is 0 Å². The molecule has 3 rings (SSSR count). The van der Waals surface area contributed by atoms with Gasteiger partial charge in [0, 0.05) is 61.2 Å². The normalized spacial score (nSPS) is 15.8. The molecule has 2 amide bonds. The lowest BCUT2D eigenvalue weighted by Crippen LogP contribution is -2.37. The van der Waals surface area contributed by atoms with Gasteiger partial charge in [-0.1, -0.05) is 6.07 Å². The summed E-state index contributed by atoms with van der Waals surface area (Å²) >= 11 is 0. The van der Waals surface area contributed by atoms with Gasteiger partial charge in [0.1, 0.15) is 11.5 Å². The van der Waals surface area contributed by atoms with E-state index in [9.17, 15) is 9.59 Å². The summed E-state index contributed by atoms with van der Waals surface area (Å²) in [7, 11) is 4.81. The number of hydrogen-bond acceptors (Lipinski definition) is 5. The molecule has 7 heteroatoms. The van der Waals surface area contributed by atoms with Crippen molar-refractivity contribution in [3.05, 3.63) is 53.6 Å². The van der Waals surface area contributed by atoms with Gasteiger partial charge >= 0.3 is 0 Å². The van der Waals surface area contributed by atoms with Crippen molar-refractivity contribution < 1.29 is 19.1 Å². The topological polar surface area (TPSA) is 79.9 Å². The summed E-state index contributed by atoms with van der Waals surface area (Å²) in [4.78, 5) is 26.6. The van der Waals surface area contributed by atoms with E-state index in [-0.39, 0.29) is 17.9 Å². The van der Waals surface area contributed by atoms with Gasteiger partial charge in [0.15, 0.2) is 0 Å². The molecule has 1 aliphatic rings. The maximum absolute atomic E-state index is 12.6. The van der Waals surface area contributed by atoms with Crippen LogP contribution in [0.25, 0.3) is 0 Å². The highest BCUT2D eigenvalue weighted by molar-refractivity contribution is 5.99. The molecule has 1 saturated heterocycles. The number of amides is 2. The highest BCUT2D eigenvalue weighted by atomic mass is 16.5. The molecule has 1 aliphatic heterocycles. The van der Waals surface area contributed by atoms with Crippen LogP contribution >= 0.6 is 0 Å². The second-order valence-electron chi connectivity index (χ2n) is 6.64. The molecule has 0 bridgehead atoms. The van der Waals surface area contributed by atoms with E-state index in [2.05, 4.69) is 15.5 Å². The fraction of sp³-hybridized carbons (Fsp3) is 0.333. The maximum atomic E-state index is 12.6. The molecule has 1 atom stereocenters. The number of nitrogens with zero attached hydrogens (tertiary/aromatic N) is 1. The predicted molar refractivity (Wildman–Crippen MR) is 107 cm³/mol. The van der Waals surface area contributed by atoms with Gasteiger partial charge in [-0.3, -0.25) is 9.59 Å². The fourth-order valence-electron chi connectivity index (χ4n) is 3.30. The molecule has 0 aromatic heterocycles. The molecule has 1 heterocycles. The smallest absolute Gasteiger partial charge is 0.251 e. The van der Waals surface area contributed by atoms with Crippen LogP contribution in [0.4, 0.5) is 5.69 Å². The SMILES string of the molecule is CNC(=O)c1cccc(C(=O)NC2CCN(c3cc(OC)cc(OC)c3)C2)c1. The van der Waals surface area contributed by atoms with Crippen molar-refractivity contribution >= 4 is 17.5 Å². The van der Waals surface area contributed by atoms with Gasteiger partial charge in [0.25, 0.3) is 11.8 Å². The second kappa shape index (κ2) is 8.65. The molecular weight excluding hydrogens is 358 g/mol. The molecule has 2 aromatic carbocycles. The molecule has 0 aliphatic carbocycles. The van der Waals surface area contributed by atoms with Crippen molar-refractivity contribution in [2.24, 2.45) is 0 Å². The van der Waals surface area contributed by atoms with E-state index < -0.39 is 0 Å². The number of methoxy groups -OCH3 is 2. The van der Waals surface area contributed by atoms with E-state index in [4.69, 9.17) is 9.47 Å². The van der Waals surface area contributed by atoms with Crippen LogP contribution < -0.4 is 25.0 Å². The molecule has 2 N–H and O–H groups in total. The van der Waals surface area contributed by atoms with Crippen molar-refractivity contribution in [1.29, 1.82) is 0 Å². The Morgan fingerprint density at radius 3 is 2.25 bits per heavy atom. The number of hydrogen-bond donors (Lipinski definition) is 2. The van der Waals surface area contributed by atoms with Crippen molar-refractivity contribution in [3.8, 4) is 11.5 Å². The monoisotopic (exact) mass is 383 g/mol. The molecule has 1 fully saturated rings. The minimum Gasteiger partial charge on any atom is -0.497 e. The maximum Gasteiger partial charge on any atom is 0.251 e. The van der Waals surface area contributed by atoms with E-state index >= 15 is 0 Å². The lowest BCUT2D eigenvalue weighted by Gasteiger charge is -2.20. The van der Waals surface area contributed by atoms with E-state index in [0.717, 1.165) is 30.2 Å². The third-order valence-electron chi connectivity index (χ3n) is 4.84. The quantitative estimate of drug-likeness (QED) is 0.798. The third-order valence-corrected chi connectivity index (χ3v) is 4.84. The fourth-order valence-corrected chi connectivity index (χ4v) is 3.30. The van der Waals surface area contributed by atoms with E-state index in [1.165, 1.54) is 0 Å². The first-order chi connectivity index (χ1) is 13.5. The summed E-state index contributed by atoms with van der Waals surface area (Å²) in [6.45, 7) is 1.51. The molecule has 2 aromatic rings. The zero-order chi connectivity index (χ0) is 20.1. The minimum atomic E-state index is -0.214. The van der Waals surface area contributed by atoms with Crippen LogP contribution in [0.2, 0.25) is 0 Å². The lowest BCUT2D eigenvalue weighted by atomic mass is 10.1. The Morgan fingerprint density at radius 2 is 1.64 bits per heavy atom. The molecule has 0 radical (unpaired) electrons. The Morgan fingerprint density at radius 1 is 1.00 bits per heavy atom. The number of nitrogens with one attached hydrogen (secondary N) is 2. The third kappa shape index (κ3) is 4.36. The summed E-state index contributed by atoms with van der Waals surface area (Å²) in [5, 5.41) is 5.63. The summed E-state index contributed by atoms with van der Waals surface area (Å²) in [5.74, 6) is 1.06. The Balaban J connectivity index is 1.66. The molecule has 148 valence electrons. The number of ether oxygens (including phenoxy) is 2. The highest BCUT2D eigenvalue weighted by Crippen LogP contribution is 2.30. The second-order valence-corrected chi connectivity index (χ2v) is 6.64. The van der Waals surface area contributed by atoms with Gasteiger partial charge in [0.2, 0.25) is 0 Å². The zero-order valence-corrected chi connectivity index (χ0v) is 16.3. The highest BCUT2D eigenvalue weighted by Gasteiger charge is 2.25. The largest absolute Gasteiger partial charge is 0.497 e. The summed E-state index contributed by atoms with van der Waals surface area (Å²) in [6.07, 6.45) is 0.834. The van der Waals surface area contributed by atoms with Crippen LogP contribution in [-0.2, 0) is 0 Å². The van der Waals surface area contributed by atoms with Crippen molar-refractivity contribution in [1.82, 2.24) is 10.6 Å². The number of carbonyl (C=O) groups is 2. The standard InChI is InChI=1S/C21H25N3O4/c1-22-20(25)14-5-4-6-15(9-14)21(26)23-16-7-8-24(13-16)17-10-18(27-2)12-19(11-17)28-3/h4-6,9-12,16H,7-8,13H2,1-3H3,(H,22,25)(H,23,26). The number of carbonyl (C=O) groups excluding carboxylic acids is 2. The van der Waals surface area contributed by atoms with Gasteiger partial charge in [-0.25, -0.2) is 0 Å². The molecule has 0 saturated carbocycles. The number of rotatable bonds is 6. The minimum absolute atomic E-state index is 0.0216. The predicted octanol–water partition coefficient (Wildman–Crippen LogP) is 2.07. The Kier molecular flexibility index (Phi) is 6.03. The zero-order valence-electron chi connectivity index (χ0n) is 16.3. The van der Waals surface area contributed by atoms with E-state index in [1.807, 2.05) is 18.2 Å². The summed E-state index contributed by atoms with van der Waals surface area (Å²) < 4.78 is 10.7. The van der Waals surface area contributed by atoms with E-state index in [1.54, 1.807) is 45.5 Å². The van der Waals surface area contributed by atoms with Crippen LogP contribution in [0, 0.1) is 0 Å². The first kappa shape index (κ1) is 19.5. The number of anilines is 1. The van der Waals surface area contributed by atoms with Crippen molar-refractivity contribution in [2.45, 2.75) is 12.5 Å². The Hall–Kier alpha value is -3.22. The summed E-state index contributed by atoms with van der Waals surface area (Å²) in [5.41, 5.74) is 1.93. The van der Waals surface area contributed by atoms with Gasteiger partial charge in [0.05, 0.1) is 14.2 Å². The molecular formula is C21H25N3O4. The van der Waals surface area contributed by atoms with Crippen molar-refractivity contribution in [3.63, 3.8) is 0 Å². The van der Waals surface area contributed by atoms with Gasteiger partial charge in [-0.05, 0) is 24.6 Å².